The summed E-state index contributed by atoms with van der Waals surface area (Å²) in [6.45, 7) is 7.36. The molecule has 0 aliphatic carbocycles. The molecule has 4 heteroatoms. The molecular weight excluding hydrogens is 294 g/mol. The fraction of sp³-hybridized carbons (Fsp3) is 0.278. The third kappa shape index (κ3) is 4.46. The van der Waals surface area contributed by atoms with Gasteiger partial charge in [0, 0.05) is 17.5 Å². The molecule has 0 spiro atoms. The van der Waals surface area contributed by atoms with Crippen molar-refractivity contribution in [3.63, 3.8) is 0 Å². The molecule has 116 valence electrons. The molecule has 2 rings (SSSR count). The zero-order chi connectivity index (χ0) is 15.9. The molecule has 0 bridgehead atoms. The van der Waals surface area contributed by atoms with Gasteiger partial charge in [-0.15, -0.1) is 11.3 Å². The molecule has 0 atom stereocenters. The van der Waals surface area contributed by atoms with Gasteiger partial charge < -0.3 is 10.1 Å². The standard InChI is InChI=1S/C18H21NO2S/c1-4-21-17-8-5-15(6-9-17)7-10-18(20)19-11-16-12-22-14(3)13(16)2/h5-10,12H,4,11H2,1-3H3,(H,19,20)/b10-7+. The lowest BCUT2D eigenvalue weighted by molar-refractivity contribution is -0.116. The number of aryl methyl sites for hydroxylation is 1. The summed E-state index contributed by atoms with van der Waals surface area (Å²) in [5.41, 5.74) is 3.42. The van der Waals surface area contributed by atoms with Crippen LogP contribution in [0.2, 0.25) is 0 Å². The van der Waals surface area contributed by atoms with Gasteiger partial charge in [0.25, 0.3) is 0 Å². The Bertz CT molecular complexity index is 656. The van der Waals surface area contributed by atoms with E-state index in [4.69, 9.17) is 4.74 Å². The zero-order valence-corrected chi connectivity index (χ0v) is 14.0. The Labute approximate surface area is 135 Å². The van der Waals surface area contributed by atoms with Crippen LogP contribution in [0.4, 0.5) is 0 Å². The van der Waals surface area contributed by atoms with Crippen molar-refractivity contribution in [2.24, 2.45) is 0 Å². The lowest BCUT2D eigenvalue weighted by atomic mass is 10.2. The first-order chi connectivity index (χ1) is 10.6. The lowest BCUT2D eigenvalue weighted by Gasteiger charge is -2.03. The third-order valence-electron chi connectivity index (χ3n) is 3.46. The van der Waals surface area contributed by atoms with Gasteiger partial charge in [0.05, 0.1) is 6.61 Å². The van der Waals surface area contributed by atoms with E-state index in [1.165, 1.54) is 16.0 Å². The second kappa shape index (κ2) is 7.80. The molecule has 0 unspecified atom stereocenters. The van der Waals surface area contributed by atoms with Gasteiger partial charge in [-0.05, 0) is 61.1 Å². The average molecular weight is 315 g/mol. The van der Waals surface area contributed by atoms with Crippen LogP contribution in [0.25, 0.3) is 6.08 Å². The summed E-state index contributed by atoms with van der Waals surface area (Å²) >= 11 is 1.72. The highest BCUT2D eigenvalue weighted by Crippen LogP contribution is 2.20. The fourth-order valence-electron chi connectivity index (χ4n) is 1.99. The number of amides is 1. The van der Waals surface area contributed by atoms with Gasteiger partial charge in [0.2, 0.25) is 5.91 Å². The Morgan fingerprint density at radius 3 is 2.59 bits per heavy atom. The molecule has 22 heavy (non-hydrogen) atoms. The Hall–Kier alpha value is -2.07. The second-order valence-corrected chi connectivity index (χ2v) is 6.08. The maximum Gasteiger partial charge on any atom is 0.244 e. The van der Waals surface area contributed by atoms with Gasteiger partial charge in [-0.1, -0.05) is 12.1 Å². The second-order valence-electron chi connectivity index (χ2n) is 5.00. The quantitative estimate of drug-likeness (QED) is 0.815. The Morgan fingerprint density at radius 1 is 1.27 bits per heavy atom. The first-order valence-corrected chi connectivity index (χ1v) is 8.20. The zero-order valence-electron chi connectivity index (χ0n) is 13.2. The predicted octanol–water partition coefficient (Wildman–Crippen LogP) is 4.09. The Morgan fingerprint density at radius 2 is 2.00 bits per heavy atom. The van der Waals surface area contributed by atoms with Gasteiger partial charge in [-0.2, -0.15) is 0 Å². The molecular formula is C18H21NO2S. The molecule has 1 aromatic heterocycles. The van der Waals surface area contributed by atoms with E-state index in [1.807, 2.05) is 31.2 Å². The highest BCUT2D eigenvalue weighted by Gasteiger charge is 2.04. The number of carbonyl (C=O) groups excluding carboxylic acids is 1. The number of nitrogens with one attached hydrogen (secondary N) is 1. The molecule has 1 amide bonds. The summed E-state index contributed by atoms with van der Waals surface area (Å²) in [7, 11) is 0. The van der Waals surface area contributed by atoms with Crippen molar-refractivity contribution in [2.45, 2.75) is 27.3 Å². The SMILES string of the molecule is CCOc1ccc(/C=C/C(=O)NCc2csc(C)c2C)cc1. The van der Waals surface area contributed by atoms with Crippen LogP contribution < -0.4 is 10.1 Å². The largest absolute Gasteiger partial charge is 0.494 e. The van der Waals surface area contributed by atoms with Gasteiger partial charge >= 0.3 is 0 Å². The van der Waals surface area contributed by atoms with E-state index in [0.29, 0.717) is 13.2 Å². The van der Waals surface area contributed by atoms with Crippen molar-refractivity contribution in [2.75, 3.05) is 6.61 Å². The molecule has 0 saturated carbocycles. The minimum absolute atomic E-state index is 0.0860. The predicted molar refractivity (Wildman–Crippen MR) is 92.3 cm³/mol. The molecule has 1 heterocycles. The van der Waals surface area contributed by atoms with Crippen LogP contribution >= 0.6 is 11.3 Å². The van der Waals surface area contributed by atoms with Crippen LogP contribution in [0.3, 0.4) is 0 Å². The Kier molecular flexibility index (Phi) is 5.78. The highest BCUT2D eigenvalue weighted by molar-refractivity contribution is 7.10. The van der Waals surface area contributed by atoms with Gasteiger partial charge in [0.1, 0.15) is 5.75 Å². The summed E-state index contributed by atoms with van der Waals surface area (Å²) in [4.78, 5) is 13.2. The van der Waals surface area contributed by atoms with Crippen molar-refractivity contribution in [1.29, 1.82) is 0 Å². The first kappa shape index (κ1) is 16.3. The summed E-state index contributed by atoms with van der Waals surface area (Å²) in [5.74, 6) is 0.754. The summed E-state index contributed by atoms with van der Waals surface area (Å²) in [6.07, 6.45) is 3.36. The number of benzene rings is 1. The minimum Gasteiger partial charge on any atom is -0.494 e. The monoisotopic (exact) mass is 315 g/mol. The van der Waals surface area contributed by atoms with Gasteiger partial charge in [-0.25, -0.2) is 0 Å². The van der Waals surface area contributed by atoms with E-state index in [2.05, 4.69) is 24.5 Å². The van der Waals surface area contributed by atoms with Crippen LogP contribution in [0.15, 0.2) is 35.7 Å². The number of thiophene rings is 1. The van der Waals surface area contributed by atoms with Crippen molar-refractivity contribution in [1.82, 2.24) is 5.32 Å². The van der Waals surface area contributed by atoms with E-state index < -0.39 is 0 Å². The normalized spacial score (nSPS) is 10.9. The van der Waals surface area contributed by atoms with E-state index in [9.17, 15) is 4.79 Å². The maximum absolute atomic E-state index is 11.9. The molecule has 2 aromatic rings. The first-order valence-electron chi connectivity index (χ1n) is 7.32. The lowest BCUT2D eigenvalue weighted by Crippen LogP contribution is -2.20. The number of rotatable bonds is 6. The molecule has 0 radical (unpaired) electrons. The van der Waals surface area contributed by atoms with Crippen molar-refractivity contribution in [3.05, 3.63) is 57.3 Å². The van der Waals surface area contributed by atoms with Crippen molar-refractivity contribution in [3.8, 4) is 5.75 Å². The van der Waals surface area contributed by atoms with E-state index in [0.717, 1.165) is 11.3 Å². The smallest absolute Gasteiger partial charge is 0.244 e. The number of ether oxygens (including phenoxy) is 1. The number of hydrogen-bond acceptors (Lipinski definition) is 3. The molecule has 3 nitrogen and oxygen atoms in total. The highest BCUT2D eigenvalue weighted by atomic mass is 32.1. The summed E-state index contributed by atoms with van der Waals surface area (Å²) in [6, 6.07) is 7.67. The van der Waals surface area contributed by atoms with E-state index in [1.54, 1.807) is 23.5 Å². The fourth-order valence-corrected chi connectivity index (χ4v) is 2.88. The van der Waals surface area contributed by atoms with Crippen molar-refractivity contribution < 1.29 is 9.53 Å². The topological polar surface area (TPSA) is 38.3 Å². The minimum atomic E-state index is -0.0860. The molecule has 1 aromatic carbocycles. The molecule has 0 aliphatic rings. The van der Waals surface area contributed by atoms with Crippen LogP contribution in [0.1, 0.15) is 28.5 Å². The number of hydrogen-bond donors (Lipinski definition) is 1. The van der Waals surface area contributed by atoms with Crippen LogP contribution in [-0.2, 0) is 11.3 Å². The van der Waals surface area contributed by atoms with Crippen LogP contribution in [0.5, 0.6) is 5.75 Å². The van der Waals surface area contributed by atoms with Crippen molar-refractivity contribution >= 4 is 23.3 Å². The van der Waals surface area contributed by atoms with Crippen LogP contribution in [0, 0.1) is 13.8 Å². The molecule has 0 saturated heterocycles. The summed E-state index contributed by atoms with van der Waals surface area (Å²) < 4.78 is 5.38. The summed E-state index contributed by atoms with van der Waals surface area (Å²) in [5, 5.41) is 5.01. The average Bonchev–Trinajstić information content (AvgIpc) is 2.84. The Balaban J connectivity index is 1.87. The van der Waals surface area contributed by atoms with Crippen LogP contribution in [-0.4, -0.2) is 12.5 Å². The van der Waals surface area contributed by atoms with Gasteiger partial charge in [-0.3, -0.25) is 4.79 Å². The number of carbonyl (C=O) groups is 1. The molecule has 1 N–H and O–H groups in total. The maximum atomic E-state index is 11.9. The molecule has 0 fully saturated rings. The van der Waals surface area contributed by atoms with Gasteiger partial charge in [0.15, 0.2) is 0 Å². The third-order valence-corrected chi connectivity index (χ3v) is 4.52. The van der Waals surface area contributed by atoms with E-state index >= 15 is 0 Å². The van der Waals surface area contributed by atoms with E-state index in [-0.39, 0.29) is 5.91 Å². The molecule has 0 aliphatic heterocycles.